The summed E-state index contributed by atoms with van der Waals surface area (Å²) in [4.78, 5) is 0. The van der Waals surface area contributed by atoms with E-state index < -0.39 is 87.5 Å². The predicted molar refractivity (Wildman–Crippen MR) is 77.8 cm³/mol. The summed E-state index contributed by atoms with van der Waals surface area (Å²) in [5.74, 6) is -4.26. The summed E-state index contributed by atoms with van der Waals surface area (Å²) in [5, 5.41) is 77.3. The van der Waals surface area contributed by atoms with Gasteiger partial charge in [-0.3, -0.25) is 0 Å². The van der Waals surface area contributed by atoms with Crippen molar-refractivity contribution in [3.63, 3.8) is 0 Å². The Morgan fingerprint density at radius 1 is 0.760 bits per heavy atom. The lowest BCUT2D eigenvalue weighted by Crippen LogP contribution is -2.60. The SMILES string of the molecule is OC[C@H]1[C@@H](O[C@]2(CO)O[C@H](CO)[C@@H](O)[C@@H]2CO)O[C@H](CO)[C@@H](O)[C@@H]1O. The van der Waals surface area contributed by atoms with Crippen LogP contribution in [0, 0.1) is 11.8 Å². The largest absolute Gasteiger partial charge is 0.396 e. The topological polar surface area (TPSA) is 190 Å². The van der Waals surface area contributed by atoms with Gasteiger partial charge in [-0.2, -0.15) is 0 Å². The van der Waals surface area contributed by atoms with E-state index in [4.69, 9.17) is 14.2 Å². The maximum absolute atomic E-state index is 10.1. The van der Waals surface area contributed by atoms with Crippen molar-refractivity contribution in [3.05, 3.63) is 0 Å². The van der Waals surface area contributed by atoms with Gasteiger partial charge < -0.3 is 55.1 Å². The van der Waals surface area contributed by atoms with Crippen LogP contribution in [0.4, 0.5) is 0 Å². The standard InChI is InChI=1S/C14H26O11/c15-1-6-10(20)12(22)8(3-17)23-13(6)25-14(5-19)7(2-16)11(21)9(4-18)24-14/h6-13,15-22H,1-5H2/t6-,7+,8-,9-,10-,11+,12-,13-,14+/m1/s1. The minimum absolute atomic E-state index is 0.599. The van der Waals surface area contributed by atoms with Crippen molar-refractivity contribution in [2.45, 2.75) is 42.6 Å². The molecule has 0 spiro atoms. The fourth-order valence-corrected chi connectivity index (χ4v) is 3.28. The molecule has 9 atom stereocenters. The van der Waals surface area contributed by atoms with E-state index in [9.17, 15) is 40.9 Å². The maximum atomic E-state index is 10.1. The molecule has 148 valence electrons. The fourth-order valence-electron chi connectivity index (χ4n) is 3.28. The van der Waals surface area contributed by atoms with Crippen molar-refractivity contribution >= 4 is 0 Å². The minimum Gasteiger partial charge on any atom is -0.396 e. The predicted octanol–water partition coefficient (Wildman–Crippen LogP) is -4.90. The van der Waals surface area contributed by atoms with Gasteiger partial charge in [-0.15, -0.1) is 0 Å². The molecule has 0 saturated carbocycles. The second-order valence-electron chi connectivity index (χ2n) is 6.26. The highest BCUT2D eigenvalue weighted by atomic mass is 16.8. The molecule has 2 heterocycles. The molecule has 2 aliphatic heterocycles. The molecule has 0 amide bonds. The van der Waals surface area contributed by atoms with Crippen LogP contribution < -0.4 is 0 Å². The van der Waals surface area contributed by atoms with Crippen LogP contribution in [0.2, 0.25) is 0 Å². The van der Waals surface area contributed by atoms with Gasteiger partial charge in [0.05, 0.1) is 57.1 Å². The molecule has 2 aliphatic rings. The van der Waals surface area contributed by atoms with E-state index in [0.717, 1.165) is 0 Å². The Bertz CT molecular complexity index is 424. The Morgan fingerprint density at radius 2 is 1.40 bits per heavy atom. The van der Waals surface area contributed by atoms with E-state index in [1.165, 1.54) is 0 Å². The Balaban J connectivity index is 2.26. The second-order valence-corrected chi connectivity index (χ2v) is 6.26. The van der Waals surface area contributed by atoms with Gasteiger partial charge >= 0.3 is 0 Å². The lowest BCUT2D eigenvalue weighted by atomic mass is 9.90. The van der Waals surface area contributed by atoms with Gasteiger partial charge in [-0.25, -0.2) is 0 Å². The van der Waals surface area contributed by atoms with Crippen molar-refractivity contribution in [3.8, 4) is 0 Å². The summed E-state index contributed by atoms with van der Waals surface area (Å²) in [5.41, 5.74) is 0. The molecule has 0 aromatic heterocycles. The molecule has 11 heteroatoms. The zero-order chi connectivity index (χ0) is 18.8. The molecular weight excluding hydrogens is 344 g/mol. The van der Waals surface area contributed by atoms with Gasteiger partial charge in [0.2, 0.25) is 5.79 Å². The number of hydrogen-bond donors (Lipinski definition) is 8. The highest BCUT2D eigenvalue weighted by Gasteiger charge is 2.58. The third-order valence-electron chi connectivity index (χ3n) is 4.84. The summed E-state index contributed by atoms with van der Waals surface area (Å²) in [6.45, 7) is -3.37. The molecule has 8 N–H and O–H groups in total. The van der Waals surface area contributed by atoms with E-state index in [-0.39, 0.29) is 0 Å². The first-order valence-corrected chi connectivity index (χ1v) is 7.98. The summed E-state index contributed by atoms with van der Waals surface area (Å²) in [6, 6.07) is 0. The summed E-state index contributed by atoms with van der Waals surface area (Å²) in [7, 11) is 0. The molecule has 0 aromatic rings. The molecule has 11 nitrogen and oxygen atoms in total. The molecule has 0 unspecified atom stereocenters. The van der Waals surface area contributed by atoms with Crippen molar-refractivity contribution in [1.82, 2.24) is 0 Å². The van der Waals surface area contributed by atoms with E-state index in [0.29, 0.717) is 0 Å². The van der Waals surface area contributed by atoms with E-state index in [1.54, 1.807) is 0 Å². The summed E-state index contributed by atoms with van der Waals surface area (Å²) < 4.78 is 16.3. The third kappa shape index (κ3) is 3.68. The first-order chi connectivity index (χ1) is 11.9. The first kappa shape index (κ1) is 20.9. The van der Waals surface area contributed by atoms with Gasteiger partial charge in [0.15, 0.2) is 6.29 Å². The number of aliphatic hydroxyl groups is 8. The van der Waals surface area contributed by atoms with Crippen LogP contribution in [0.5, 0.6) is 0 Å². The number of hydrogen-bond acceptors (Lipinski definition) is 11. The van der Waals surface area contributed by atoms with Crippen LogP contribution in [0.15, 0.2) is 0 Å². The van der Waals surface area contributed by atoms with Crippen molar-refractivity contribution in [2.75, 3.05) is 33.0 Å². The fraction of sp³-hybridized carbons (Fsp3) is 1.00. The van der Waals surface area contributed by atoms with Crippen LogP contribution in [-0.2, 0) is 14.2 Å². The quantitative estimate of drug-likeness (QED) is 0.214. The molecular formula is C14H26O11. The van der Waals surface area contributed by atoms with E-state index in [2.05, 4.69) is 0 Å². The lowest BCUT2D eigenvalue weighted by molar-refractivity contribution is -0.376. The first-order valence-electron chi connectivity index (χ1n) is 7.98. The van der Waals surface area contributed by atoms with Gasteiger partial charge in [-0.1, -0.05) is 0 Å². The molecule has 0 aliphatic carbocycles. The van der Waals surface area contributed by atoms with Crippen LogP contribution in [0.3, 0.4) is 0 Å². The number of aliphatic hydroxyl groups excluding tert-OH is 8. The Hall–Kier alpha value is -0.440. The van der Waals surface area contributed by atoms with Crippen molar-refractivity contribution < 1.29 is 55.1 Å². The monoisotopic (exact) mass is 370 g/mol. The number of ether oxygens (including phenoxy) is 3. The molecule has 0 radical (unpaired) electrons. The zero-order valence-electron chi connectivity index (χ0n) is 13.5. The molecule has 0 bridgehead atoms. The maximum Gasteiger partial charge on any atom is 0.202 e. The van der Waals surface area contributed by atoms with Gasteiger partial charge in [0.25, 0.3) is 0 Å². The minimum atomic E-state index is -1.97. The normalized spacial score (nSPS) is 48.0. The van der Waals surface area contributed by atoms with Gasteiger partial charge in [-0.05, 0) is 0 Å². The summed E-state index contributed by atoms with van der Waals surface area (Å²) in [6.07, 6.45) is -8.09. The van der Waals surface area contributed by atoms with E-state index >= 15 is 0 Å². The number of rotatable bonds is 7. The molecule has 2 rings (SSSR count). The van der Waals surface area contributed by atoms with Crippen LogP contribution in [-0.4, -0.2) is 116 Å². The molecule has 2 saturated heterocycles. The molecule has 0 aromatic carbocycles. The van der Waals surface area contributed by atoms with Crippen molar-refractivity contribution in [1.29, 1.82) is 0 Å². The highest BCUT2D eigenvalue weighted by molar-refractivity contribution is 4.97. The van der Waals surface area contributed by atoms with Crippen molar-refractivity contribution in [2.24, 2.45) is 11.8 Å². The average molecular weight is 370 g/mol. The Labute approximate surface area is 143 Å². The zero-order valence-corrected chi connectivity index (χ0v) is 13.5. The van der Waals surface area contributed by atoms with Crippen LogP contribution >= 0.6 is 0 Å². The second kappa shape index (κ2) is 8.50. The van der Waals surface area contributed by atoms with Gasteiger partial charge in [0, 0.05) is 0 Å². The Morgan fingerprint density at radius 3 is 1.88 bits per heavy atom. The smallest absolute Gasteiger partial charge is 0.202 e. The summed E-state index contributed by atoms with van der Waals surface area (Å²) >= 11 is 0. The highest BCUT2D eigenvalue weighted by Crippen LogP contribution is 2.40. The molecule has 2 fully saturated rings. The lowest BCUT2D eigenvalue weighted by Gasteiger charge is -2.45. The van der Waals surface area contributed by atoms with Crippen LogP contribution in [0.1, 0.15) is 0 Å². The Kier molecular flexibility index (Phi) is 7.09. The third-order valence-corrected chi connectivity index (χ3v) is 4.84. The van der Waals surface area contributed by atoms with Crippen LogP contribution in [0.25, 0.3) is 0 Å². The van der Waals surface area contributed by atoms with E-state index in [1.807, 2.05) is 0 Å². The average Bonchev–Trinajstić information content (AvgIpc) is 2.89. The molecule has 25 heavy (non-hydrogen) atoms. The van der Waals surface area contributed by atoms with Gasteiger partial charge in [0.1, 0.15) is 18.3 Å².